The van der Waals surface area contributed by atoms with E-state index in [4.69, 9.17) is 9.47 Å². The van der Waals surface area contributed by atoms with E-state index in [0.29, 0.717) is 31.3 Å². The second-order valence-corrected chi connectivity index (χ2v) is 8.18. The highest BCUT2D eigenvalue weighted by Crippen LogP contribution is 2.17. The number of amides is 1. The van der Waals surface area contributed by atoms with Gasteiger partial charge < -0.3 is 25.4 Å². The number of nitrogens with zero attached hydrogens (tertiary/aromatic N) is 1. The summed E-state index contributed by atoms with van der Waals surface area (Å²) >= 11 is 0. The maximum absolute atomic E-state index is 12.4. The summed E-state index contributed by atoms with van der Waals surface area (Å²) in [4.78, 5) is 16.7. The van der Waals surface area contributed by atoms with Crippen LogP contribution in [0.3, 0.4) is 0 Å². The Morgan fingerprint density at radius 1 is 1.06 bits per heavy atom. The highest BCUT2D eigenvalue weighted by Gasteiger charge is 2.15. The first-order valence-electron chi connectivity index (χ1n) is 10.4. The molecule has 2 rings (SSSR count). The van der Waals surface area contributed by atoms with Crippen LogP contribution in [0.5, 0.6) is 5.75 Å². The maximum atomic E-state index is 12.4. The van der Waals surface area contributed by atoms with Gasteiger partial charge in [0, 0.05) is 56.6 Å². The van der Waals surface area contributed by atoms with Crippen molar-refractivity contribution in [2.24, 2.45) is 4.99 Å². The number of hydrogen-bond donors (Lipinski definition) is 3. The van der Waals surface area contributed by atoms with Crippen LogP contribution in [0, 0.1) is 0 Å². The number of nitrogens with one attached hydrogen (secondary N) is 3. The van der Waals surface area contributed by atoms with Gasteiger partial charge >= 0.3 is 0 Å². The average molecular weight is 554 g/mol. The summed E-state index contributed by atoms with van der Waals surface area (Å²) < 4.78 is 10.8. The summed E-state index contributed by atoms with van der Waals surface area (Å²) in [6.07, 6.45) is 0.838. The van der Waals surface area contributed by atoms with Crippen molar-refractivity contribution in [1.29, 1.82) is 0 Å². The lowest BCUT2D eigenvalue weighted by molar-refractivity contribution is 0.0919. The number of rotatable bonds is 9. The highest BCUT2D eigenvalue weighted by molar-refractivity contribution is 14.0. The molecule has 3 N–H and O–H groups in total. The zero-order valence-electron chi connectivity index (χ0n) is 19.5. The molecule has 0 fully saturated rings. The summed E-state index contributed by atoms with van der Waals surface area (Å²) in [6, 6.07) is 15.3. The first kappa shape index (κ1) is 27.7. The standard InChI is InChI=1S/C24H34N4O3.HI/c1-24(2,3)28-22(29)19-10-6-9-18(15-19)17-26-23(25-4)27-20-11-7-12-21(16-20)31-14-8-13-30-5;/h6-7,9-12,15-16H,8,13-14,17H2,1-5H3,(H,28,29)(H2,25,26,27);1H. The molecular weight excluding hydrogens is 519 g/mol. The van der Waals surface area contributed by atoms with Gasteiger partial charge in [-0.3, -0.25) is 9.79 Å². The molecule has 0 saturated heterocycles. The second kappa shape index (κ2) is 13.9. The topological polar surface area (TPSA) is 84.0 Å². The molecule has 176 valence electrons. The van der Waals surface area contributed by atoms with E-state index < -0.39 is 0 Å². The number of anilines is 1. The molecule has 7 nitrogen and oxygen atoms in total. The third kappa shape index (κ3) is 10.3. The molecule has 0 unspecified atom stereocenters. The minimum absolute atomic E-state index is 0. The number of hydrogen-bond acceptors (Lipinski definition) is 4. The van der Waals surface area contributed by atoms with Crippen LogP contribution >= 0.6 is 24.0 Å². The third-order valence-corrected chi connectivity index (χ3v) is 4.22. The molecule has 0 aliphatic carbocycles. The molecule has 0 spiro atoms. The molecule has 0 aromatic heterocycles. The van der Waals surface area contributed by atoms with Gasteiger partial charge in [0.15, 0.2) is 5.96 Å². The lowest BCUT2D eigenvalue weighted by Crippen LogP contribution is -2.40. The predicted molar refractivity (Wildman–Crippen MR) is 141 cm³/mol. The summed E-state index contributed by atoms with van der Waals surface area (Å²) in [6.45, 7) is 7.70. The van der Waals surface area contributed by atoms with Crippen LogP contribution in [0.25, 0.3) is 0 Å². The van der Waals surface area contributed by atoms with Crippen LogP contribution in [-0.4, -0.2) is 44.8 Å². The fourth-order valence-electron chi connectivity index (χ4n) is 2.79. The van der Waals surface area contributed by atoms with Gasteiger partial charge in [-0.1, -0.05) is 18.2 Å². The fraction of sp³-hybridized carbons (Fsp3) is 0.417. The highest BCUT2D eigenvalue weighted by atomic mass is 127. The third-order valence-electron chi connectivity index (χ3n) is 4.22. The Kier molecular flexibility index (Phi) is 12.1. The maximum Gasteiger partial charge on any atom is 0.251 e. The summed E-state index contributed by atoms with van der Waals surface area (Å²) in [5.74, 6) is 1.33. The molecule has 8 heteroatoms. The number of guanidine groups is 1. The molecule has 0 heterocycles. The van der Waals surface area contributed by atoms with Crippen molar-refractivity contribution in [3.05, 3.63) is 59.7 Å². The summed E-state index contributed by atoms with van der Waals surface area (Å²) in [7, 11) is 3.40. The van der Waals surface area contributed by atoms with E-state index in [-0.39, 0.29) is 35.4 Å². The largest absolute Gasteiger partial charge is 0.493 e. The van der Waals surface area contributed by atoms with Crippen molar-refractivity contribution in [3.8, 4) is 5.75 Å². The van der Waals surface area contributed by atoms with Crippen molar-refractivity contribution in [2.75, 3.05) is 32.7 Å². The second-order valence-electron chi connectivity index (χ2n) is 8.18. The van der Waals surface area contributed by atoms with E-state index in [2.05, 4.69) is 20.9 Å². The zero-order chi connectivity index (χ0) is 22.7. The van der Waals surface area contributed by atoms with Crippen LogP contribution in [-0.2, 0) is 11.3 Å². The lowest BCUT2D eigenvalue weighted by Gasteiger charge is -2.20. The van der Waals surface area contributed by atoms with Crippen LogP contribution in [0.4, 0.5) is 5.69 Å². The smallest absolute Gasteiger partial charge is 0.251 e. The molecule has 0 bridgehead atoms. The van der Waals surface area contributed by atoms with Gasteiger partial charge in [-0.05, 0) is 50.6 Å². The number of aliphatic imine (C=N–C) groups is 1. The Bertz CT molecular complexity index is 882. The van der Waals surface area contributed by atoms with E-state index in [9.17, 15) is 4.79 Å². The van der Waals surface area contributed by atoms with E-state index in [1.807, 2.05) is 69.3 Å². The number of methoxy groups -OCH3 is 1. The number of halogens is 1. The zero-order valence-corrected chi connectivity index (χ0v) is 21.9. The van der Waals surface area contributed by atoms with Crippen LogP contribution < -0.4 is 20.7 Å². The fourth-order valence-corrected chi connectivity index (χ4v) is 2.79. The first-order chi connectivity index (χ1) is 14.8. The Balaban J connectivity index is 0.00000512. The van der Waals surface area contributed by atoms with Crippen molar-refractivity contribution >= 4 is 41.5 Å². The molecular formula is C24H35IN4O3. The minimum Gasteiger partial charge on any atom is -0.493 e. The van der Waals surface area contributed by atoms with Crippen molar-refractivity contribution in [1.82, 2.24) is 10.6 Å². The monoisotopic (exact) mass is 554 g/mol. The minimum atomic E-state index is -0.278. The molecule has 32 heavy (non-hydrogen) atoms. The van der Waals surface area contributed by atoms with Crippen LogP contribution in [0.2, 0.25) is 0 Å². The molecule has 0 atom stereocenters. The molecule has 1 amide bonds. The Morgan fingerprint density at radius 3 is 2.50 bits per heavy atom. The molecule has 0 aliphatic heterocycles. The molecule has 2 aromatic carbocycles. The van der Waals surface area contributed by atoms with Gasteiger partial charge in [0.2, 0.25) is 0 Å². The van der Waals surface area contributed by atoms with Crippen molar-refractivity contribution in [3.63, 3.8) is 0 Å². The van der Waals surface area contributed by atoms with Gasteiger partial charge in [0.05, 0.1) is 6.61 Å². The van der Waals surface area contributed by atoms with Crippen molar-refractivity contribution < 1.29 is 14.3 Å². The van der Waals surface area contributed by atoms with E-state index in [0.717, 1.165) is 23.4 Å². The van der Waals surface area contributed by atoms with Crippen LogP contribution in [0.1, 0.15) is 43.1 Å². The molecule has 0 aliphatic rings. The van der Waals surface area contributed by atoms with E-state index in [1.54, 1.807) is 14.2 Å². The molecule has 2 aromatic rings. The van der Waals surface area contributed by atoms with Gasteiger partial charge in [-0.15, -0.1) is 24.0 Å². The Morgan fingerprint density at radius 2 is 1.81 bits per heavy atom. The number of carbonyl (C=O) groups excluding carboxylic acids is 1. The predicted octanol–water partition coefficient (Wildman–Crippen LogP) is 4.44. The summed E-state index contributed by atoms with van der Waals surface area (Å²) in [5.41, 5.74) is 2.21. The van der Waals surface area contributed by atoms with Crippen LogP contribution in [0.15, 0.2) is 53.5 Å². The van der Waals surface area contributed by atoms with Gasteiger partial charge in [0.1, 0.15) is 5.75 Å². The number of carbonyl (C=O) groups is 1. The lowest BCUT2D eigenvalue weighted by atomic mass is 10.1. The van der Waals surface area contributed by atoms with Crippen molar-refractivity contribution in [2.45, 2.75) is 39.3 Å². The SMILES string of the molecule is CN=C(NCc1cccc(C(=O)NC(C)(C)C)c1)Nc1cccc(OCCCOC)c1.I. The van der Waals surface area contributed by atoms with E-state index >= 15 is 0 Å². The number of ether oxygens (including phenoxy) is 2. The van der Waals surface area contributed by atoms with Gasteiger partial charge in [-0.2, -0.15) is 0 Å². The summed E-state index contributed by atoms with van der Waals surface area (Å²) in [5, 5.41) is 9.53. The Labute approximate surface area is 208 Å². The van der Waals surface area contributed by atoms with Gasteiger partial charge in [-0.25, -0.2) is 0 Å². The normalized spacial score (nSPS) is 11.3. The number of benzene rings is 2. The molecule has 0 saturated carbocycles. The van der Waals surface area contributed by atoms with E-state index in [1.165, 1.54) is 0 Å². The van der Waals surface area contributed by atoms with Gasteiger partial charge in [0.25, 0.3) is 5.91 Å². The first-order valence-corrected chi connectivity index (χ1v) is 10.4. The Hall–Kier alpha value is -2.33. The average Bonchev–Trinajstić information content (AvgIpc) is 2.73. The quantitative estimate of drug-likeness (QED) is 0.185. The molecule has 0 radical (unpaired) electrons.